The van der Waals surface area contributed by atoms with Gasteiger partial charge in [0.05, 0.1) is 31.5 Å². The number of aldehydes is 1. The van der Waals surface area contributed by atoms with Crippen LogP contribution >= 0.6 is 0 Å². The minimum atomic E-state index is -1.19. The first-order valence-corrected chi connectivity index (χ1v) is 21.1. The maximum Gasteiger partial charge on any atom is 0.145 e. The molecule has 0 amide bonds. The highest BCUT2D eigenvalue weighted by Crippen LogP contribution is 2.64. The number of aliphatic hydroxyl groups is 5. The van der Waals surface area contributed by atoms with Gasteiger partial charge in [-0.05, 0) is 145 Å². The van der Waals surface area contributed by atoms with Crippen molar-refractivity contribution in [3.63, 3.8) is 0 Å². The summed E-state index contributed by atoms with van der Waals surface area (Å²) in [7, 11) is 3.55. The van der Waals surface area contributed by atoms with Gasteiger partial charge in [-0.25, -0.2) is 0 Å². The summed E-state index contributed by atoms with van der Waals surface area (Å²) in [5.74, 6) is -0.554. The van der Waals surface area contributed by atoms with Gasteiger partial charge in [-0.15, -0.1) is 0 Å². The average molecular weight is 793 g/mol. The molecule has 0 saturated heterocycles. The lowest BCUT2D eigenvalue weighted by Crippen LogP contribution is -2.61. The molecule has 2 aliphatic carbocycles. The lowest BCUT2D eigenvalue weighted by atomic mass is 9.51. The summed E-state index contributed by atoms with van der Waals surface area (Å²) in [5.41, 5.74) is 4.19. The van der Waals surface area contributed by atoms with Crippen molar-refractivity contribution in [2.24, 2.45) is 23.2 Å². The lowest BCUT2D eigenvalue weighted by molar-refractivity contribution is -0.180. The summed E-state index contributed by atoms with van der Waals surface area (Å²) in [6.07, 6.45) is 13.8. The molecule has 1 aromatic rings. The molecule has 0 radical (unpaired) electrons. The predicted molar refractivity (Wildman–Crippen MR) is 226 cm³/mol. The quantitative estimate of drug-likeness (QED) is 0.0343. The molecule has 318 valence electrons. The van der Waals surface area contributed by atoms with E-state index in [1.807, 2.05) is 39.1 Å². The van der Waals surface area contributed by atoms with E-state index in [9.17, 15) is 30.3 Å². The first-order chi connectivity index (χ1) is 27.3. The molecule has 3 aliphatic rings. The van der Waals surface area contributed by atoms with Crippen LogP contribution in [0.15, 0.2) is 83.0 Å². The van der Waals surface area contributed by atoms with Crippen LogP contribution in [0.3, 0.4) is 0 Å². The molecular weight excluding hydrogens is 721 g/mol. The molecule has 0 aromatic heterocycles. The number of nitrogens with one attached hydrogen (secondary N) is 2. The maximum atomic E-state index is 12.6. The third-order valence-electron chi connectivity index (χ3n) is 13.3. The third kappa shape index (κ3) is 11.5. The monoisotopic (exact) mass is 793 g/mol. The Hall–Kier alpha value is -2.77. The summed E-state index contributed by atoms with van der Waals surface area (Å²) in [6, 6.07) is 8.65. The van der Waals surface area contributed by atoms with Gasteiger partial charge in [-0.2, -0.15) is 0 Å². The standard InChI is InChI=1S/C47H72N2O8/c1-33(38-16-15-34(2)44(54)49-45(4,22-26-56-6)30-37-12-8-11-36(28-37)29-38)10-7-13-39(32-57-27-25-51)41-18-20-47(43(41)53)42(14-9-24-50)40(35(3)31-52)17-19-46(47,55)21-23-48-5/h7-8,10-13,15,28,31,38,41-44,48-51,53-55H,1,9,14,16-27,29-30,32H2,2-6H3. The Balaban J connectivity index is 1.68. The van der Waals surface area contributed by atoms with Crippen molar-refractivity contribution in [3.8, 4) is 0 Å². The van der Waals surface area contributed by atoms with Gasteiger partial charge in [-0.1, -0.05) is 66.3 Å². The SMILES string of the molecule is C=C(C=CC=C(COCCO)C1CCC2(C(CCCO)C(=C(C)C=O)CCC2(O)CCNC)C1O)C1CC=C(C)C(O)NC(C)(CCOC)Cc2cccc(c2)C1. The zero-order valence-corrected chi connectivity index (χ0v) is 35.3. The average Bonchev–Trinajstić information content (AvgIpc) is 3.54. The smallest absolute Gasteiger partial charge is 0.145 e. The summed E-state index contributed by atoms with van der Waals surface area (Å²) < 4.78 is 11.3. The number of benzene rings is 1. The second-order valence-electron chi connectivity index (χ2n) is 17.1. The molecule has 1 heterocycles. The van der Waals surface area contributed by atoms with E-state index in [4.69, 9.17) is 9.47 Å². The van der Waals surface area contributed by atoms with E-state index in [-0.39, 0.29) is 49.7 Å². The Morgan fingerprint density at radius 1 is 1.12 bits per heavy atom. The van der Waals surface area contributed by atoms with Crippen LogP contribution in [0.4, 0.5) is 0 Å². The molecule has 1 aliphatic heterocycles. The Morgan fingerprint density at radius 2 is 1.89 bits per heavy atom. The van der Waals surface area contributed by atoms with Gasteiger partial charge in [0.15, 0.2) is 0 Å². The molecule has 8 unspecified atom stereocenters. The van der Waals surface area contributed by atoms with E-state index in [0.29, 0.717) is 70.1 Å². The van der Waals surface area contributed by atoms with Crippen LogP contribution in [0, 0.1) is 23.2 Å². The van der Waals surface area contributed by atoms with E-state index in [1.54, 1.807) is 7.11 Å². The van der Waals surface area contributed by atoms with Crippen molar-refractivity contribution in [1.82, 2.24) is 10.6 Å². The fourth-order valence-corrected chi connectivity index (χ4v) is 10.0. The zero-order chi connectivity index (χ0) is 41.6. The number of aliphatic hydroxyl groups excluding tert-OH is 4. The van der Waals surface area contributed by atoms with Crippen LogP contribution in [0.2, 0.25) is 0 Å². The second-order valence-corrected chi connectivity index (χ2v) is 17.1. The van der Waals surface area contributed by atoms with Crippen molar-refractivity contribution in [2.75, 3.05) is 53.7 Å². The molecule has 4 rings (SSSR count). The number of hydrogen-bond donors (Lipinski definition) is 7. The third-order valence-corrected chi connectivity index (χ3v) is 13.3. The van der Waals surface area contributed by atoms with Crippen LogP contribution in [-0.2, 0) is 27.1 Å². The molecule has 2 bridgehead atoms. The van der Waals surface area contributed by atoms with Gasteiger partial charge in [0, 0.05) is 37.2 Å². The van der Waals surface area contributed by atoms with E-state index in [1.165, 1.54) is 11.1 Å². The summed E-state index contributed by atoms with van der Waals surface area (Å²) >= 11 is 0. The number of hydrogen-bond acceptors (Lipinski definition) is 10. The van der Waals surface area contributed by atoms with Gasteiger partial charge in [0.1, 0.15) is 12.5 Å². The molecule has 1 spiro atoms. The van der Waals surface area contributed by atoms with E-state index < -0.39 is 23.3 Å². The fraction of sp³-hybridized carbons (Fsp3) is 0.638. The van der Waals surface area contributed by atoms with Gasteiger partial charge >= 0.3 is 0 Å². The molecule has 2 saturated carbocycles. The van der Waals surface area contributed by atoms with Crippen molar-refractivity contribution in [3.05, 3.63) is 94.1 Å². The van der Waals surface area contributed by atoms with Crippen LogP contribution in [-0.4, -0.2) is 109 Å². The molecule has 10 nitrogen and oxygen atoms in total. The van der Waals surface area contributed by atoms with Crippen molar-refractivity contribution >= 4 is 6.29 Å². The van der Waals surface area contributed by atoms with E-state index >= 15 is 0 Å². The fourth-order valence-electron chi connectivity index (χ4n) is 10.0. The lowest BCUT2D eigenvalue weighted by Gasteiger charge is -2.57. The van der Waals surface area contributed by atoms with Crippen LogP contribution in [0.5, 0.6) is 0 Å². The molecule has 7 N–H and O–H groups in total. The van der Waals surface area contributed by atoms with Gasteiger partial charge < -0.3 is 40.3 Å². The van der Waals surface area contributed by atoms with E-state index in [2.05, 4.69) is 54.5 Å². The molecular formula is C47H72N2O8. The number of ether oxygens (including phenoxy) is 2. The van der Waals surface area contributed by atoms with Gasteiger partial charge in [-0.3, -0.25) is 10.1 Å². The van der Waals surface area contributed by atoms with Gasteiger partial charge in [0.25, 0.3) is 0 Å². The summed E-state index contributed by atoms with van der Waals surface area (Å²) in [5, 5.41) is 62.7. The van der Waals surface area contributed by atoms with Crippen molar-refractivity contribution in [1.29, 1.82) is 0 Å². The Labute approximate surface area is 341 Å². The Bertz CT molecular complexity index is 1600. The second kappa shape index (κ2) is 22.0. The normalized spacial score (nSPS) is 32.2. The highest BCUT2D eigenvalue weighted by molar-refractivity contribution is 5.74. The minimum Gasteiger partial charge on any atom is -0.396 e. The highest BCUT2D eigenvalue weighted by Gasteiger charge is 2.65. The number of carbonyl (C=O) groups is 1. The Morgan fingerprint density at radius 3 is 2.60 bits per heavy atom. The Kier molecular flexibility index (Phi) is 18.1. The first-order valence-electron chi connectivity index (χ1n) is 21.1. The molecule has 2 fully saturated rings. The molecule has 57 heavy (non-hydrogen) atoms. The number of methoxy groups -OCH3 is 1. The highest BCUT2D eigenvalue weighted by atomic mass is 16.5. The van der Waals surface area contributed by atoms with Crippen LogP contribution < -0.4 is 10.6 Å². The van der Waals surface area contributed by atoms with E-state index in [0.717, 1.165) is 47.8 Å². The number of allylic oxidation sites excluding steroid dienone is 7. The van der Waals surface area contributed by atoms with Crippen LogP contribution in [0.25, 0.3) is 0 Å². The maximum absolute atomic E-state index is 12.6. The zero-order valence-electron chi connectivity index (χ0n) is 35.3. The van der Waals surface area contributed by atoms with Crippen LogP contribution in [0.1, 0.15) is 89.7 Å². The van der Waals surface area contributed by atoms with Crippen molar-refractivity contribution in [2.45, 2.75) is 115 Å². The van der Waals surface area contributed by atoms with Crippen molar-refractivity contribution < 1.29 is 39.8 Å². The molecule has 8 atom stereocenters. The topological polar surface area (TPSA) is 161 Å². The number of fused-ring (bicyclic) bond motifs is 2. The number of rotatable bonds is 18. The van der Waals surface area contributed by atoms with Gasteiger partial charge in [0.2, 0.25) is 0 Å². The first kappa shape index (κ1) is 46.9. The predicted octanol–water partition coefficient (Wildman–Crippen LogP) is 5.28. The summed E-state index contributed by atoms with van der Waals surface area (Å²) in [6.45, 7) is 11.8. The number of carbonyl (C=O) groups excluding carboxylic acids is 1. The molecule has 10 heteroatoms. The largest absolute Gasteiger partial charge is 0.396 e. The summed E-state index contributed by atoms with van der Waals surface area (Å²) in [4.78, 5) is 12.2. The molecule has 1 aromatic carbocycles. The minimum absolute atomic E-state index is 0.0170.